The number of pyridine rings is 1. The number of aromatic nitrogens is 7. The minimum Gasteiger partial charge on any atom is -0.391 e. The van der Waals surface area contributed by atoms with Gasteiger partial charge in [-0.25, -0.2) is 19.6 Å². The van der Waals surface area contributed by atoms with Crippen LogP contribution < -0.4 is 5.32 Å². The van der Waals surface area contributed by atoms with Crippen molar-refractivity contribution >= 4 is 28.7 Å². The molecule has 2 N–H and O–H groups in total. The van der Waals surface area contributed by atoms with Crippen LogP contribution in [0.5, 0.6) is 0 Å². The summed E-state index contributed by atoms with van der Waals surface area (Å²) in [5, 5.41) is 18.9. The Morgan fingerprint density at radius 1 is 1.31 bits per heavy atom. The Kier molecular flexibility index (Phi) is 4.10. The number of fused-ring (bicyclic) bond motifs is 2. The molecule has 0 saturated heterocycles. The third-order valence-electron chi connectivity index (χ3n) is 3.92. The number of nitrogens with zero attached hydrogens (tertiary/aromatic N) is 7. The third-order valence-corrected chi connectivity index (χ3v) is 3.92. The highest BCUT2D eigenvalue weighted by atomic mass is 15.4. The maximum Gasteiger partial charge on any atom is 0.221 e. The molecule has 4 heterocycles. The Labute approximate surface area is 148 Å². The van der Waals surface area contributed by atoms with Gasteiger partial charge in [-0.15, -0.1) is 5.10 Å². The number of rotatable bonds is 6. The summed E-state index contributed by atoms with van der Waals surface area (Å²) in [6.45, 7) is 3.27. The van der Waals surface area contributed by atoms with Crippen molar-refractivity contribution in [2.24, 2.45) is 0 Å². The molecular weight excluding hydrogens is 330 g/mol. The second-order valence-electron chi connectivity index (χ2n) is 5.68. The fourth-order valence-electron chi connectivity index (χ4n) is 2.64. The second kappa shape index (κ2) is 6.71. The summed E-state index contributed by atoms with van der Waals surface area (Å²) in [4.78, 5) is 13.2. The van der Waals surface area contributed by atoms with E-state index in [9.17, 15) is 0 Å². The Morgan fingerprint density at radius 3 is 3.08 bits per heavy atom. The van der Waals surface area contributed by atoms with Crippen LogP contribution in [0.2, 0.25) is 0 Å². The lowest BCUT2D eigenvalue weighted by Crippen LogP contribution is -2.07. The van der Waals surface area contributed by atoms with E-state index in [0.717, 1.165) is 17.8 Å². The standard InChI is InChI=1S/C17H17N9/c1-2-19-8-13(7-18)14-9-21-16-17(22-14)26(24-23-16)11-12-3-4-15-20-5-6-25(15)10-12/h3-10,18-19H,2,11H2,1H3/b13-8+,18-7?. The molecule has 0 spiro atoms. The monoisotopic (exact) mass is 347 g/mol. The highest BCUT2D eigenvalue weighted by Gasteiger charge is 2.11. The van der Waals surface area contributed by atoms with Crippen molar-refractivity contribution < 1.29 is 0 Å². The summed E-state index contributed by atoms with van der Waals surface area (Å²) in [7, 11) is 0. The molecule has 26 heavy (non-hydrogen) atoms. The van der Waals surface area contributed by atoms with E-state index in [0.29, 0.717) is 29.1 Å². The summed E-state index contributed by atoms with van der Waals surface area (Å²) in [5.74, 6) is 0. The van der Waals surface area contributed by atoms with Gasteiger partial charge in [0.1, 0.15) is 5.65 Å². The molecule has 0 aliphatic rings. The van der Waals surface area contributed by atoms with Crippen LogP contribution in [-0.4, -0.2) is 47.1 Å². The van der Waals surface area contributed by atoms with E-state index >= 15 is 0 Å². The molecule has 4 aromatic rings. The van der Waals surface area contributed by atoms with E-state index in [2.05, 4.69) is 30.6 Å². The minimum absolute atomic E-state index is 0.477. The van der Waals surface area contributed by atoms with E-state index in [1.54, 1.807) is 23.3 Å². The molecule has 0 aromatic carbocycles. The first kappa shape index (κ1) is 15.9. The van der Waals surface area contributed by atoms with E-state index in [1.165, 1.54) is 6.21 Å². The number of hydrogen-bond acceptors (Lipinski definition) is 7. The zero-order valence-corrected chi connectivity index (χ0v) is 14.2. The third kappa shape index (κ3) is 2.90. The van der Waals surface area contributed by atoms with Crippen LogP contribution in [0.4, 0.5) is 0 Å². The maximum atomic E-state index is 7.59. The predicted octanol–water partition coefficient (Wildman–Crippen LogP) is 1.52. The van der Waals surface area contributed by atoms with Gasteiger partial charge in [0.25, 0.3) is 0 Å². The Bertz CT molecular complexity index is 1110. The average molecular weight is 347 g/mol. The molecule has 0 amide bonds. The van der Waals surface area contributed by atoms with Crippen LogP contribution in [0.15, 0.2) is 43.1 Å². The molecular formula is C17H17N9. The lowest BCUT2D eigenvalue weighted by Gasteiger charge is -2.05. The van der Waals surface area contributed by atoms with Gasteiger partial charge in [0.15, 0.2) is 5.65 Å². The highest BCUT2D eigenvalue weighted by Crippen LogP contribution is 2.14. The lowest BCUT2D eigenvalue weighted by atomic mass is 10.2. The van der Waals surface area contributed by atoms with Crippen molar-refractivity contribution in [1.29, 1.82) is 5.41 Å². The van der Waals surface area contributed by atoms with Crippen LogP contribution in [0, 0.1) is 5.41 Å². The molecule has 0 saturated carbocycles. The normalized spacial score (nSPS) is 12.0. The molecule has 0 unspecified atom stereocenters. The number of allylic oxidation sites excluding steroid dienone is 1. The quantitative estimate of drug-likeness (QED) is 0.512. The Hall–Kier alpha value is -3.62. The van der Waals surface area contributed by atoms with Crippen LogP contribution >= 0.6 is 0 Å². The number of hydrogen-bond donors (Lipinski definition) is 2. The molecule has 0 atom stereocenters. The highest BCUT2D eigenvalue weighted by molar-refractivity contribution is 6.07. The first-order valence-electron chi connectivity index (χ1n) is 8.20. The van der Waals surface area contributed by atoms with E-state index < -0.39 is 0 Å². The van der Waals surface area contributed by atoms with Crippen LogP contribution in [0.1, 0.15) is 18.2 Å². The summed E-state index contributed by atoms with van der Waals surface area (Å²) >= 11 is 0. The maximum absolute atomic E-state index is 7.59. The Morgan fingerprint density at radius 2 is 2.23 bits per heavy atom. The molecule has 0 aliphatic carbocycles. The van der Waals surface area contributed by atoms with Crippen molar-refractivity contribution in [3.63, 3.8) is 0 Å². The zero-order valence-electron chi connectivity index (χ0n) is 14.2. The topological polar surface area (TPSA) is 110 Å². The lowest BCUT2D eigenvalue weighted by molar-refractivity contribution is 0.661. The van der Waals surface area contributed by atoms with E-state index in [1.807, 2.05) is 35.9 Å². The van der Waals surface area contributed by atoms with Crippen molar-refractivity contribution in [1.82, 2.24) is 39.7 Å². The first-order chi connectivity index (χ1) is 12.8. The average Bonchev–Trinajstić information content (AvgIpc) is 3.29. The Balaban J connectivity index is 1.70. The van der Waals surface area contributed by atoms with Gasteiger partial charge in [-0.2, -0.15) is 0 Å². The van der Waals surface area contributed by atoms with Crippen molar-refractivity contribution in [2.75, 3.05) is 6.54 Å². The van der Waals surface area contributed by atoms with Crippen LogP contribution in [0.3, 0.4) is 0 Å². The van der Waals surface area contributed by atoms with Crippen LogP contribution in [-0.2, 0) is 6.54 Å². The minimum atomic E-state index is 0.477. The van der Waals surface area contributed by atoms with Gasteiger partial charge >= 0.3 is 0 Å². The molecule has 0 radical (unpaired) electrons. The van der Waals surface area contributed by atoms with Crippen molar-refractivity contribution in [2.45, 2.75) is 13.5 Å². The molecule has 9 heteroatoms. The van der Waals surface area contributed by atoms with Crippen LogP contribution in [0.25, 0.3) is 22.5 Å². The fraction of sp³-hybridized carbons (Fsp3) is 0.176. The van der Waals surface area contributed by atoms with Gasteiger partial charge in [0.2, 0.25) is 5.65 Å². The summed E-state index contributed by atoms with van der Waals surface area (Å²) in [6.07, 6.45) is 10.3. The predicted molar refractivity (Wildman–Crippen MR) is 97.8 cm³/mol. The van der Waals surface area contributed by atoms with Gasteiger partial charge in [-0.05, 0) is 18.6 Å². The molecule has 9 nitrogen and oxygen atoms in total. The summed E-state index contributed by atoms with van der Waals surface area (Å²) in [6, 6.07) is 3.96. The van der Waals surface area contributed by atoms with Gasteiger partial charge in [0.05, 0.1) is 18.4 Å². The zero-order chi connectivity index (χ0) is 17.9. The van der Waals surface area contributed by atoms with Gasteiger partial charge in [-0.1, -0.05) is 11.3 Å². The summed E-state index contributed by atoms with van der Waals surface area (Å²) in [5.41, 5.74) is 4.24. The molecule has 0 fully saturated rings. The summed E-state index contributed by atoms with van der Waals surface area (Å²) < 4.78 is 3.66. The second-order valence-corrected chi connectivity index (χ2v) is 5.68. The van der Waals surface area contributed by atoms with E-state index in [-0.39, 0.29) is 0 Å². The van der Waals surface area contributed by atoms with Gasteiger partial charge in [0, 0.05) is 43.1 Å². The molecule has 4 rings (SSSR count). The first-order valence-corrected chi connectivity index (χ1v) is 8.20. The fourth-order valence-corrected chi connectivity index (χ4v) is 2.64. The smallest absolute Gasteiger partial charge is 0.221 e. The largest absolute Gasteiger partial charge is 0.391 e. The van der Waals surface area contributed by atoms with E-state index in [4.69, 9.17) is 5.41 Å². The van der Waals surface area contributed by atoms with Gasteiger partial charge < -0.3 is 15.1 Å². The molecule has 4 aromatic heterocycles. The SMILES string of the molecule is CCN/C=C(\C=N)c1cnc2nnn(Cc3ccc4nccn4c3)c2n1. The molecule has 130 valence electrons. The van der Waals surface area contributed by atoms with Crippen molar-refractivity contribution in [3.8, 4) is 0 Å². The van der Waals surface area contributed by atoms with Crippen molar-refractivity contribution in [3.05, 3.63) is 54.4 Å². The molecule has 0 aliphatic heterocycles. The number of imidazole rings is 1. The number of nitrogens with one attached hydrogen (secondary N) is 2. The van der Waals surface area contributed by atoms with Gasteiger partial charge in [-0.3, -0.25) is 0 Å². The molecule has 0 bridgehead atoms.